The molecule has 1 atom stereocenters. The number of nitrogens with one attached hydrogen (secondary N) is 2. The average molecular weight is 469 g/mol. The summed E-state index contributed by atoms with van der Waals surface area (Å²) in [6.45, 7) is 4.57. The second kappa shape index (κ2) is 8.95. The monoisotopic (exact) mass is 468 g/mol. The molecule has 0 amide bonds. The Hall–Kier alpha value is -2.65. The van der Waals surface area contributed by atoms with Crippen LogP contribution in [0.25, 0.3) is 5.70 Å². The number of fused-ring (bicyclic) bond motifs is 1. The van der Waals surface area contributed by atoms with E-state index in [-0.39, 0.29) is 4.90 Å². The molecule has 5 rings (SSSR count). The highest BCUT2D eigenvalue weighted by Crippen LogP contribution is 2.29. The molecule has 2 aromatic heterocycles. The van der Waals surface area contributed by atoms with Crippen LogP contribution < -0.4 is 20.3 Å². The van der Waals surface area contributed by atoms with Gasteiger partial charge < -0.3 is 14.8 Å². The molecule has 2 N–H and O–H groups in total. The molecule has 9 heteroatoms. The lowest BCUT2D eigenvalue weighted by molar-refractivity contribution is 0.464. The molecule has 33 heavy (non-hydrogen) atoms. The molecule has 1 aliphatic carbocycles. The van der Waals surface area contributed by atoms with Crippen molar-refractivity contribution in [3.05, 3.63) is 53.1 Å². The first kappa shape index (κ1) is 22.2. The lowest BCUT2D eigenvalue weighted by Gasteiger charge is -2.27. The van der Waals surface area contributed by atoms with E-state index in [4.69, 9.17) is 0 Å². The zero-order valence-electron chi connectivity index (χ0n) is 19.3. The third-order valence-corrected chi connectivity index (χ3v) is 8.41. The van der Waals surface area contributed by atoms with Crippen molar-refractivity contribution in [1.29, 1.82) is 0 Å². The van der Waals surface area contributed by atoms with Gasteiger partial charge in [0, 0.05) is 68.7 Å². The summed E-state index contributed by atoms with van der Waals surface area (Å²) in [5.41, 5.74) is 3.59. The largest absolute Gasteiger partial charge is 0.372 e. The van der Waals surface area contributed by atoms with Crippen molar-refractivity contribution < 1.29 is 8.42 Å². The Morgan fingerprint density at radius 1 is 1.24 bits per heavy atom. The van der Waals surface area contributed by atoms with Crippen LogP contribution in [0.5, 0.6) is 0 Å². The van der Waals surface area contributed by atoms with E-state index in [9.17, 15) is 8.42 Å². The van der Waals surface area contributed by atoms with E-state index in [2.05, 4.69) is 42.5 Å². The molecular weight excluding hydrogens is 436 g/mol. The smallest absolute Gasteiger partial charge is 0.242 e. The molecule has 4 heterocycles. The number of hydrogen-bond donors (Lipinski definition) is 2. The van der Waals surface area contributed by atoms with E-state index in [0.717, 1.165) is 56.5 Å². The number of hydrogen-bond acceptors (Lipinski definition) is 6. The SMILES string of the molecule is CCC1=CN=c2[nH]ccc2=C(N2CCC(N(C)c3ccc(S(=O)(=O)NCC4CC4)cn3)C2)C1. The predicted molar refractivity (Wildman–Crippen MR) is 129 cm³/mol. The summed E-state index contributed by atoms with van der Waals surface area (Å²) in [5, 5.41) is 1.18. The van der Waals surface area contributed by atoms with Crippen LogP contribution in [0.3, 0.4) is 0 Å². The van der Waals surface area contributed by atoms with Crippen molar-refractivity contribution in [3.63, 3.8) is 0 Å². The molecule has 1 saturated heterocycles. The number of aromatic amines is 1. The molecular formula is C24H32N6O2S. The van der Waals surface area contributed by atoms with Gasteiger partial charge in [0.05, 0.1) is 0 Å². The molecule has 0 aromatic carbocycles. The maximum absolute atomic E-state index is 12.5. The second-order valence-corrected chi connectivity index (χ2v) is 11.0. The van der Waals surface area contributed by atoms with Crippen molar-refractivity contribution in [2.75, 3.05) is 31.6 Å². The number of aromatic nitrogens is 2. The molecule has 176 valence electrons. The quantitative estimate of drug-likeness (QED) is 0.616. The maximum Gasteiger partial charge on any atom is 0.242 e. The van der Waals surface area contributed by atoms with Gasteiger partial charge in [-0.1, -0.05) is 6.92 Å². The summed E-state index contributed by atoms with van der Waals surface area (Å²) in [4.78, 5) is 17.3. The van der Waals surface area contributed by atoms with Gasteiger partial charge in [0.25, 0.3) is 0 Å². The number of anilines is 1. The summed E-state index contributed by atoms with van der Waals surface area (Å²) in [5.74, 6) is 1.29. The minimum absolute atomic E-state index is 0.227. The molecule has 0 bridgehead atoms. The number of sulfonamides is 1. The van der Waals surface area contributed by atoms with Crippen molar-refractivity contribution in [1.82, 2.24) is 19.6 Å². The average Bonchev–Trinajstić information content (AvgIpc) is 3.40. The number of pyridine rings is 1. The van der Waals surface area contributed by atoms with Gasteiger partial charge in [0.2, 0.25) is 10.0 Å². The second-order valence-electron chi connectivity index (χ2n) is 9.28. The molecule has 8 nitrogen and oxygen atoms in total. The van der Waals surface area contributed by atoms with Gasteiger partial charge in [-0.2, -0.15) is 0 Å². The molecule has 1 unspecified atom stereocenters. The van der Waals surface area contributed by atoms with Crippen molar-refractivity contribution >= 4 is 21.5 Å². The molecule has 1 saturated carbocycles. The Labute approximate surface area is 195 Å². The summed E-state index contributed by atoms with van der Waals surface area (Å²) in [6, 6.07) is 5.90. The van der Waals surface area contributed by atoms with Crippen molar-refractivity contribution in [2.45, 2.75) is 50.0 Å². The van der Waals surface area contributed by atoms with Crippen LogP contribution in [0.2, 0.25) is 0 Å². The minimum Gasteiger partial charge on any atom is -0.372 e. The fourth-order valence-corrected chi connectivity index (χ4v) is 5.63. The third-order valence-electron chi connectivity index (χ3n) is 7.01. The van der Waals surface area contributed by atoms with E-state index >= 15 is 0 Å². The first-order valence-electron chi connectivity index (χ1n) is 11.8. The Morgan fingerprint density at radius 2 is 2.09 bits per heavy atom. The standard InChI is InChI=1S/C24H32N6O2S/c1-3-17-12-22(21-8-10-25-24(21)27-13-17)30-11-9-19(16-30)29(2)23-7-6-20(15-26-23)33(31,32)28-14-18-4-5-18/h6-8,10,13,15,18-19,28H,3-5,9,11-12,14,16H2,1-2H3,(H,25,27). The van der Waals surface area contributed by atoms with Crippen LogP contribution in [0.15, 0.2) is 52.3 Å². The first-order valence-corrected chi connectivity index (χ1v) is 13.3. The van der Waals surface area contributed by atoms with Crippen molar-refractivity contribution in [3.8, 4) is 0 Å². The van der Waals surface area contributed by atoms with Gasteiger partial charge in [-0.05, 0) is 55.4 Å². The lowest BCUT2D eigenvalue weighted by atomic mass is 10.1. The highest BCUT2D eigenvalue weighted by molar-refractivity contribution is 7.89. The van der Waals surface area contributed by atoms with Gasteiger partial charge in [0.15, 0.2) is 0 Å². The predicted octanol–water partition coefficient (Wildman–Crippen LogP) is 1.73. The van der Waals surface area contributed by atoms with Crippen LogP contribution in [0.1, 0.15) is 39.0 Å². The van der Waals surface area contributed by atoms with Gasteiger partial charge in [-0.25, -0.2) is 23.1 Å². The molecule has 2 aliphatic heterocycles. The zero-order valence-corrected chi connectivity index (χ0v) is 20.1. The van der Waals surface area contributed by atoms with E-state index < -0.39 is 10.0 Å². The molecule has 2 fully saturated rings. The third kappa shape index (κ3) is 4.70. The highest BCUT2D eigenvalue weighted by Gasteiger charge is 2.29. The maximum atomic E-state index is 12.5. The van der Waals surface area contributed by atoms with Crippen LogP contribution in [0.4, 0.5) is 5.82 Å². The number of H-pyrrole nitrogens is 1. The zero-order chi connectivity index (χ0) is 23.0. The summed E-state index contributed by atoms with van der Waals surface area (Å²) >= 11 is 0. The van der Waals surface area contributed by atoms with Crippen LogP contribution in [-0.2, 0) is 10.0 Å². The van der Waals surface area contributed by atoms with Gasteiger partial charge in [0.1, 0.15) is 16.2 Å². The Balaban J connectivity index is 1.29. The Morgan fingerprint density at radius 3 is 2.82 bits per heavy atom. The van der Waals surface area contributed by atoms with Crippen LogP contribution in [0, 0.1) is 5.92 Å². The van der Waals surface area contributed by atoms with E-state index in [1.54, 1.807) is 6.07 Å². The highest BCUT2D eigenvalue weighted by atomic mass is 32.2. The topological polar surface area (TPSA) is 93.7 Å². The normalized spacial score (nSPS) is 20.8. The Kier molecular flexibility index (Phi) is 6.01. The summed E-state index contributed by atoms with van der Waals surface area (Å²) in [6.07, 6.45) is 10.6. The van der Waals surface area contributed by atoms with Gasteiger partial charge in [-0.15, -0.1) is 0 Å². The molecule has 0 spiro atoms. The molecule has 3 aliphatic rings. The number of rotatable bonds is 8. The first-order chi connectivity index (χ1) is 15.9. The lowest BCUT2D eigenvalue weighted by Crippen LogP contribution is -2.37. The summed E-state index contributed by atoms with van der Waals surface area (Å²) < 4.78 is 27.7. The minimum atomic E-state index is -3.49. The number of likely N-dealkylation sites (N-methyl/N-ethyl adjacent to an activating group) is 1. The fourth-order valence-electron chi connectivity index (χ4n) is 4.57. The fraction of sp³-hybridized carbons (Fsp3) is 0.500. The summed E-state index contributed by atoms with van der Waals surface area (Å²) in [7, 11) is -1.45. The number of nitrogens with zero attached hydrogens (tertiary/aromatic N) is 4. The van der Waals surface area contributed by atoms with E-state index in [1.807, 2.05) is 25.5 Å². The van der Waals surface area contributed by atoms with Crippen molar-refractivity contribution in [2.24, 2.45) is 10.9 Å². The van der Waals surface area contributed by atoms with E-state index in [0.29, 0.717) is 18.5 Å². The number of likely N-dealkylation sites (tertiary alicyclic amines) is 1. The van der Waals surface area contributed by atoms with Gasteiger partial charge >= 0.3 is 0 Å². The van der Waals surface area contributed by atoms with Gasteiger partial charge in [-0.3, -0.25) is 0 Å². The van der Waals surface area contributed by atoms with Crippen LogP contribution >= 0.6 is 0 Å². The molecule has 0 radical (unpaired) electrons. The molecule has 2 aromatic rings. The Bertz CT molecular complexity index is 1260. The van der Waals surface area contributed by atoms with E-state index in [1.165, 1.54) is 22.7 Å². The van der Waals surface area contributed by atoms with Crippen LogP contribution in [-0.4, -0.2) is 56.0 Å².